The van der Waals surface area contributed by atoms with E-state index in [1.165, 1.54) is 26.6 Å². The van der Waals surface area contributed by atoms with Gasteiger partial charge in [-0.15, -0.1) is 0 Å². The first kappa shape index (κ1) is 9.43. The normalized spacial score (nSPS) is 16.3. The van der Waals surface area contributed by atoms with E-state index in [2.05, 4.69) is 44.4 Å². The molecule has 0 radical (unpaired) electrons. The maximum Gasteiger partial charge on any atom is 0.0470 e. The maximum atomic E-state index is 3.64. The van der Waals surface area contributed by atoms with E-state index in [0.29, 0.717) is 0 Å². The first-order chi connectivity index (χ1) is 7.36. The zero-order valence-electron chi connectivity index (χ0n) is 8.44. The molecule has 3 rings (SSSR count). The quantitative estimate of drug-likeness (QED) is 0.753. The molecular weight excluding hydrogens is 252 g/mol. The molecule has 1 aliphatic heterocycles. The van der Waals surface area contributed by atoms with Crippen LogP contribution in [0.1, 0.15) is 11.3 Å². The summed E-state index contributed by atoms with van der Waals surface area (Å²) in [7, 11) is 0. The van der Waals surface area contributed by atoms with E-state index in [9.17, 15) is 0 Å². The SMILES string of the molecule is Brc1cccc2[nH]c3c(c12)CCNCC3. The standard InChI is InChI=1S/C12H13BrN2/c13-9-2-1-3-11-12(9)8-4-6-14-7-5-10(8)15-11/h1-3,14-15H,4-7H2. The molecule has 1 aromatic heterocycles. The van der Waals surface area contributed by atoms with Crippen LogP contribution in [0.2, 0.25) is 0 Å². The van der Waals surface area contributed by atoms with Crippen molar-refractivity contribution in [3.63, 3.8) is 0 Å². The van der Waals surface area contributed by atoms with Gasteiger partial charge in [-0.1, -0.05) is 22.0 Å². The average molecular weight is 265 g/mol. The fraction of sp³-hybridized carbons (Fsp3) is 0.333. The van der Waals surface area contributed by atoms with Gasteiger partial charge in [0.1, 0.15) is 0 Å². The number of hydrogen-bond donors (Lipinski definition) is 2. The third kappa shape index (κ3) is 1.50. The van der Waals surface area contributed by atoms with Crippen LogP contribution in [0.5, 0.6) is 0 Å². The van der Waals surface area contributed by atoms with Gasteiger partial charge >= 0.3 is 0 Å². The minimum atomic E-state index is 1.08. The lowest BCUT2D eigenvalue weighted by molar-refractivity contribution is 0.708. The molecule has 0 saturated heterocycles. The lowest BCUT2D eigenvalue weighted by atomic mass is 10.1. The summed E-state index contributed by atoms with van der Waals surface area (Å²) in [5.41, 5.74) is 4.15. The molecule has 0 atom stereocenters. The molecule has 78 valence electrons. The number of hydrogen-bond acceptors (Lipinski definition) is 1. The van der Waals surface area contributed by atoms with Crippen LogP contribution in [0.25, 0.3) is 10.9 Å². The van der Waals surface area contributed by atoms with Crippen molar-refractivity contribution in [1.29, 1.82) is 0 Å². The Kier molecular flexibility index (Phi) is 2.29. The molecule has 2 aromatic rings. The fourth-order valence-corrected chi connectivity index (χ4v) is 2.97. The second-order valence-corrected chi connectivity index (χ2v) is 4.85. The summed E-state index contributed by atoms with van der Waals surface area (Å²) in [4.78, 5) is 3.53. The van der Waals surface area contributed by atoms with Crippen molar-refractivity contribution in [1.82, 2.24) is 10.3 Å². The number of nitrogens with one attached hydrogen (secondary N) is 2. The van der Waals surface area contributed by atoms with E-state index in [4.69, 9.17) is 0 Å². The van der Waals surface area contributed by atoms with Gasteiger partial charge in [0.2, 0.25) is 0 Å². The highest BCUT2D eigenvalue weighted by atomic mass is 79.9. The highest BCUT2D eigenvalue weighted by Crippen LogP contribution is 2.30. The molecule has 0 amide bonds. The molecule has 0 aliphatic carbocycles. The Morgan fingerprint density at radius 3 is 2.93 bits per heavy atom. The van der Waals surface area contributed by atoms with Crippen LogP contribution in [-0.4, -0.2) is 18.1 Å². The van der Waals surface area contributed by atoms with Gasteiger partial charge in [-0.2, -0.15) is 0 Å². The van der Waals surface area contributed by atoms with Gasteiger partial charge in [-0.25, -0.2) is 0 Å². The van der Waals surface area contributed by atoms with Crippen LogP contribution in [0.15, 0.2) is 22.7 Å². The molecule has 2 nitrogen and oxygen atoms in total. The second-order valence-electron chi connectivity index (χ2n) is 3.99. The molecule has 0 spiro atoms. The summed E-state index contributed by atoms with van der Waals surface area (Å²) in [5, 5.41) is 4.80. The zero-order valence-corrected chi connectivity index (χ0v) is 10.0. The molecule has 0 saturated carbocycles. The third-order valence-corrected chi connectivity index (χ3v) is 3.73. The van der Waals surface area contributed by atoms with Crippen molar-refractivity contribution in [3.05, 3.63) is 33.9 Å². The van der Waals surface area contributed by atoms with Crippen molar-refractivity contribution < 1.29 is 0 Å². The molecule has 1 aliphatic rings. The highest BCUT2D eigenvalue weighted by Gasteiger charge is 2.15. The zero-order chi connectivity index (χ0) is 10.3. The Bertz CT molecular complexity index is 502. The van der Waals surface area contributed by atoms with Crippen molar-refractivity contribution in [2.45, 2.75) is 12.8 Å². The Balaban J connectivity index is 2.29. The molecule has 0 bridgehead atoms. The fourth-order valence-electron chi connectivity index (χ4n) is 2.36. The number of rotatable bonds is 0. The second kappa shape index (κ2) is 3.65. The van der Waals surface area contributed by atoms with Gasteiger partial charge in [-0.05, 0) is 30.7 Å². The Morgan fingerprint density at radius 1 is 1.13 bits per heavy atom. The van der Waals surface area contributed by atoms with Crippen molar-refractivity contribution in [2.24, 2.45) is 0 Å². The third-order valence-electron chi connectivity index (χ3n) is 3.07. The summed E-state index contributed by atoms with van der Waals surface area (Å²) in [6.07, 6.45) is 2.23. The van der Waals surface area contributed by atoms with Crippen LogP contribution in [0.4, 0.5) is 0 Å². The molecule has 3 heteroatoms. The first-order valence-electron chi connectivity index (χ1n) is 5.35. The summed E-state index contributed by atoms with van der Waals surface area (Å²) in [6.45, 7) is 2.17. The van der Waals surface area contributed by atoms with Gasteiger partial charge in [0.05, 0.1) is 0 Å². The maximum absolute atomic E-state index is 3.64. The number of benzene rings is 1. The van der Waals surface area contributed by atoms with Crippen molar-refractivity contribution in [3.8, 4) is 0 Å². The minimum Gasteiger partial charge on any atom is -0.358 e. The molecule has 0 unspecified atom stereocenters. The van der Waals surface area contributed by atoms with Crippen molar-refractivity contribution in [2.75, 3.05) is 13.1 Å². The van der Waals surface area contributed by atoms with Crippen LogP contribution in [-0.2, 0) is 12.8 Å². The number of fused-ring (bicyclic) bond motifs is 3. The Labute approximate surface area is 97.2 Å². The predicted molar refractivity (Wildman–Crippen MR) is 66.3 cm³/mol. The van der Waals surface area contributed by atoms with E-state index in [1.807, 2.05) is 0 Å². The topological polar surface area (TPSA) is 27.8 Å². The van der Waals surface area contributed by atoms with E-state index in [-0.39, 0.29) is 0 Å². The average Bonchev–Trinajstić information content (AvgIpc) is 2.43. The summed E-state index contributed by atoms with van der Waals surface area (Å²) >= 11 is 3.64. The smallest absolute Gasteiger partial charge is 0.0470 e. The first-order valence-corrected chi connectivity index (χ1v) is 6.14. The monoisotopic (exact) mass is 264 g/mol. The number of aromatic amines is 1. The predicted octanol–water partition coefficient (Wildman–Crippen LogP) is 2.62. The number of H-pyrrole nitrogens is 1. The lowest BCUT2D eigenvalue weighted by Gasteiger charge is -2.00. The highest BCUT2D eigenvalue weighted by molar-refractivity contribution is 9.10. The van der Waals surface area contributed by atoms with Crippen LogP contribution in [0.3, 0.4) is 0 Å². The van der Waals surface area contributed by atoms with E-state index in [0.717, 1.165) is 25.9 Å². The number of aromatic nitrogens is 1. The molecule has 15 heavy (non-hydrogen) atoms. The van der Waals surface area contributed by atoms with Gasteiger partial charge in [0.25, 0.3) is 0 Å². The van der Waals surface area contributed by atoms with E-state index >= 15 is 0 Å². The molecular formula is C12H13BrN2. The summed E-state index contributed by atoms with van der Waals surface area (Å²) < 4.78 is 1.21. The molecule has 0 fully saturated rings. The Morgan fingerprint density at radius 2 is 2.00 bits per heavy atom. The van der Waals surface area contributed by atoms with Crippen LogP contribution >= 0.6 is 15.9 Å². The van der Waals surface area contributed by atoms with E-state index in [1.54, 1.807) is 0 Å². The van der Waals surface area contributed by atoms with E-state index < -0.39 is 0 Å². The Hall–Kier alpha value is -0.800. The van der Waals surface area contributed by atoms with Crippen LogP contribution in [0, 0.1) is 0 Å². The largest absolute Gasteiger partial charge is 0.358 e. The summed E-state index contributed by atoms with van der Waals surface area (Å²) in [6, 6.07) is 6.36. The van der Waals surface area contributed by atoms with Crippen molar-refractivity contribution >= 4 is 26.8 Å². The van der Waals surface area contributed by atoms with Gasteiger partial charge in [0.15, 0.2) is 0 Å². The van der Waals surface area contributed by atoms with Gasteiger partial charge < -0.3 is 10.3 Å². The summed E-state index contributed by atoms with van der Waals surface area (Å²) in [5.74, 6) is 0. The van der Waals surface area contributed by atoms with Gasteiger partial charge in [0, 0.05) is 34.0 Å². The molecule has 2 N–H and O–H groups in total. The number of halogens is 1. The molecule has 2 heterocycles. The minimum absolute atomic E-state index is 1.08. The molecule has 1 aromatic carbocycles. The van der Waals surface area contributed by atoms with Gasteiger partial charge in [-0.3, -0.25) is 0 Å². The van der Waals surface area contributed by atoms with Crippen LogP contribution < -0.4 is 5.32 Å². The lowest BCUT2D eigenvalue weighted by Crippen LogP contribution is -2.16.